The van der Waals surface area contributed by atoms with Gasteiger partial charge in [-0.25, -0.2) is 4.98 Å². The number of aromatic nitrogens is 2. The molecule has 0 fully saturated rings. The molecule has 4 aromatic rings. The van der Waals surface area contributed by atoms with Crippen molar-refractivity contribution in [3.63, 3.8) is 0 Å². The number of H-pyrrole nitrogens is 1. The fourth-order valence-electron chi connectivity index (χ4n) is 3.67. The maximum Gasteiger partial charge on any atom is 0.191 e. The zero-order valence-corrected chi connectivity index (χ0v) is 18.8. The van der Waals surface area contributed by atoms with E-state index < -0.39 is 0 Å². The fourth-order valence-corrected chi connectivity index (χ4v) is 4.51. The van der Waals surface area contributed by atoms with Gasteiger partial charge in [0.15, 0.2) is 5.43 Å². The summed E-state index contributed by atoms with van der Waals surface area (Å²) in [5, 5.41) is 10.6. The van der Waals surface area contributed by atoms with Crippen LogP contribution in [0.2, 0.25) is 5.02 Å². The van der Waals surface area contributed by atoms with Crippen molar-refractivity contribution in [1.29, 1.82) is 5.26 Å². The maximum atomic E-state index is 12.5. The first-order valence-corrected chi connectivity index (χ1v) is 11.2. The van der Waals surface area contributed by atoms with Crippen LogP contribution in [0.5, 0.6) is 0 Å². The Morgan fingerprint density at radius 2 is 1.97 bits per heavy atom. The van der Waals surface area contributed by atoms with E-state index in [-0.39, 0.29) is 5.43 Å². The van der Waals surface area contributed by atoms with E-state index in [2.05, 4.69) is 15.8 Å². The summed E-state index contributed by atoms with van der Waals surface area (Å²) in [6.07, 6.45) is 3.52. The summed E-state index contributed by atoms with van der Waals surface area (Å²) in [7, 11) is 0. The molecule has 2 aromatic heterocycles. The highest BCUT2D eigenvalue weighted by molar-refractivity contribution is 7.99. The number of nitrogens with one attached hydrogen (secondary N) is 2. The summed E-state index contributed by atoms with van der Waals surface area (Å²) in [5.41, 5.74) is 6.79. The third kappa shape index (κ3) is 3.78. The van der Waals surface area contributed by atoms with Gasteiger partial charge in [0.25, 0.3) is 0 Å². The topological polar surface area (TPSA) is 81.6 Å². The summed E-state index contributed by atoms with van der Waals surface area (Å²) in [4.78, 5) is 20.4. The normalized spacial score (nSPS) is 10.8. The van der Waals surface area contributed by atoms with E-state index in [1.54, 1.807) is 12.3 Å². The molecular formula is C24H19ClN4OS. The second kappa shape index (κ2) is 8.46. The largest absolute Gasteiger partial charge is 0.346 e. The number of halogens is 1. The maximum absolute atomic E-state index is 12.5. The number of aromatic amines is 1. The van der Waals surface area contributed by atoms with Gasteiger partial charge in [-0.3, -0.25) is 4.79 Å². The van der Waals surface area contributed by atoms with Gasteiger partial charge in [0.1, 0.15) is 5.65 Å². The Balaban J connectivity index is 2.08. The van der Waals surface area contributed by atoms with Crippen molar-refractivity contribution in [2.45, 2.75) is 13.8 Å². The minimum Gasteiger partial charge on any atom is -0.346 e. The van der Waals surface area contributed by atoms with Crippen molar-refractivity contribution in [1.82, 2.24) is 9.97 Å². The fraction of sp³-hybridized carbons (Fsp3) is 0.125. The molecule has 0 aliphatic rings. The van der Waals surface area contributed by atoms with Crippen LogP contribution in [0.15, 0.2) is 53.5 Å². The molecule has 0 aliphatic heterocycles. The number of rotatable bonds is 4. The summed E-state index contributed by atoms with van der Waals surface area (Å²) < 4.78 is 3.21. The van der Waals surface area contributed by atoms with Gasteiger partial charge in [0.05, 0.1) is 33.4 Å². The second-order valence-electron chi connectivity index (χ2n) is 7.17. The molecule has 4 rings (SSSR count). The van der Waals surface area contributed by atoms with E-state index in [4.69, 9.17) is 16.6 Å². The molecule has 0 radical (unpaired) electrons. The lowest BCUT2D eigenvalue weighted by atomic mass is 9.93. The number of benzene rings is 2. The van der Waals surface area contributed by atoms with E-state index in [1.165, 1.54) is 18.0 Å². The van der Waals surface area contributed by atoms with E-state index in [1.807, 2.05) is 50.4 Å². The molecule has 2 N–H and O–H groups in total. The van der Waals surface area contributed by atoms with Crippen LogP contribution in [0, 0.1) is 25.2 Å². The van der Waals surface area contributed by atoms with Crippen LogP contribution >= 0.6 is 23.5 Å². The Morgan fingerprint density at radius 1 is 1.16 bits per heavy atom. The molecule has 0 atom stereocenters. The van der Waals surface area contributed by atoms with Crippen LogP contribution in [-0.2, 0) is 0 Å². The summed E-state index contributed by atoms with van der Waals surface area (Å²) in [6.45, 7) is 3.89. The average molecular weight is 447 g/mol. The average Bonchev–Trinajstić information content (AvgIpc) is 2.76. The van der Waals surface area contributed by atoms with Crippen LogP contribution in [0.25, 0.3) is 33.4 Å². The summed E-state index contributed by atoms with van der Waals surface area (Å²) in [6, 6.07) is 15.0. The van der Waals surface area contributed by atoms with Gasteiger partial charge in [-0.1, -0.05) is 35.7 Å². The first-order chi connectivity index (χ1) is 14.9. The lowest BCUT2D eigenvalue weighted by Gasteiger charge is -2.16. The Hall–Kier alpha value is -3.27. The van der Waals surface area contributed by atoms with Gasteiger partial charge >= 0.3 is 0 Å². The van der Waals surface area contributed by atoms with Crippen molar-refractivity contribution >= 4 is 40.3 Å². The standard InChI is InChI=1S/C24H19ClN4OS/c1-13-9-16(10-20(25)22(13)29-31-3)18-11-19-21(30)7-8-27-24(19)28-23(18)17-6-4-5-15(12-26)14(17)2/h4-11,29H,1-3H3,(H,27,28,30). The smallest absolute Gasteiger partial charge is 0.191 e. The number of fused-ring (bicyclic) bond motifs is 1. The number of pyridine rings is 2. The Kier molecular flexibility index (Phi) is 5.73. The third-order valence-corrected chi connectivity index (χ3v) is 5.96. The SMILES string of the molecule is CSNc1c(C)cc(-c2cc3c(=O)cc[nH]c3nc2-c2cccc(C#N)c2C)cc1Cl. The number of hydrogen-bond donors (Lipinski definition) is 2. The predicted molar refractivity (Wildman–Crippen MR) is 130 cm³/mol. The third-order valence-electron chi connectivity index (χ3n) is 5.25. The van der Waals surface area contributed by atoms with Gasteiger partial charge in [-0.15, -0.1) is 0 Å². The highest BCUT2D eigenvalue weighted by atomic mass is 35.5. The van der Waals surface area contributed by atoms with Crippen molar-refractivity contribution in [3.05, 3.63) is 80.6 Å². The van der Waals surface area contributed by atoms with Crippen molar-refractivity contribution in [2.75, 3.05) is 11.0 Å². The molecule has 7 heteroatoms. The molecule has 0 aliphatic carbocycles. The van der Waals surface area contributed by atoms with Crippen LogP contribution in [-0.4, -0.2) is 16.2 Å². The highest BCUT2D eigenvalue weighted by Crippen LogP contribution is 2.39. The molecular weight excluding hydrogens is 428 g/mol. The first kappa shape index (κ1) is 21.0. The summed E-state index contributed by atoms with van der Waals surface area (Å²) >= 11 is 8.05. The molecule has 0 amide bonds. The van der Waals surface area contributed by atoms with Crippen molar-refractivity contribution < 1.29 is 0 Å². The lowest BCUT2D eigenvalue weighted by molar-refractivity contribution is 1.26. The van der Waals surface area contributed by atoms with Crippen LogP contribution in [0.3, 0.4) is 0 Å². The van der Waals surface area contributed by atoms with Gasteiger partial charge in [-0.05, 0) is 54.8 Å². The van der Waals surface area contributed by atoms with E-state index in [0.29, 0.717) is 27.3 Å². The van der Waals surface area contributed by atoms with E-state index in [9.17, 15) is 10.1 Å². The van der Waals surface area contributed by atoms with E-state index in [0.717, 1.165) is 33.5 Å². The van der Waals surface area contributed by atoms with Gasteiger partial charge in [0.2, 0.25) is 0 Å². The molecule has 154 valence electrons. The monoisotopic (exact) mass is 446 g/mol. The molecule has 0 saturated heterocycles. The Bertz CT molecular complexity index is 1400. The van der Waals surface area contributed by atoms with Gasteiger partial charge in [0, 0.05) is 29.6 Å². The van der Waals surface area contributed by atoms with Crippen molar-refractivity contribution in [3.8, 4) is 28.5 Å². The van der Waals surface area contributed by atoms with Crippen LogP contribution < -0.4 is 10.2 Å². The Morgan fingerprint density at radius 3 is 2.68 bits per heavy atom. The predicted octanol–water partition coefficient (Wildman–Crippen LogP) is 6.09. The molecule has 0 saturated carbocycles. The van der Waals surface area contributed by atoms with Gasteiger partial charge in [-0.2, -0.15) is 5.26 Å². The molecule has 2 heterocycles. The quantitative estimate of drug-likeness (QED) is 0.371. The van der Waals surface area contributed by atoms with Crippen LogP contribution in [0.1, 0.15) is 16.7 Å². The molecule has 5 nitrogen and oxygen atoms in total. The number of nitriles is 1. The zero-order chi connectivity index (χ0) is 22.1. The van der Waals surface area contributed by atoms with Crippen LogP contribution in [0.4, 0.5) is 5.69 Å². The minimum atomic E-state index is -0.111. The lowest BCUT2D eigenvalue weighted by Crippen LogP contribution is -2.04. The van der Waals surface area contributed by atoms with Gasteiger partial charge < -0.3 is 9.71 Å². The molecule has 2 aromatic carbocycles. The number of hydrogen-bond acceptors (Lipinski definition) is 5. The molecule has 0 spiro atoms. The van der Waals surface area contributed by atoms with Crippen molar-refractivity contribution in [2.24, 2.45) is 0 Å². The zero-order valence-electron chi connectivity index (χ0n) is 17.2. The number of aryl methyl sites for hydroxylation is 1. The molecule has 0 unspecified atom stereocenters. The molecule has 0 bridgehead atoms. The van der Waals surface area contributed by atoms with E-state index >= 15 is 0 Å². The number of nitrogens with zero attached hydrogens (tertiary/aromatic N) is 2. The Labute approximate surface area is 189 Å². The minimum absolute atomic E-state index is 0.111. The number of anilines is 1. The second-order valence-corrected chi connectivity index (χ2v) is 8.19. The molecule has 31 heavy (non-hydrogen) atoms. The first-order valence-electron chi connectivity index (χ1n) is 9.56. The highest BCUT2D eigenvalue weighted by Gasteiger charge is 2.18. The summed E-state index contributed by atoms with van der Waals surface area (Å²) in [5.74, 6) is 0.